The normalized spacial score (nSPS) is 9.91. The highest BCUT2D eigenvalue weighted by Gasteiger charge is 2.14. The lowest BCUT2D eigenvalue weighted by Crippen LogP contribution is -2.14. The van der Waals surface area contributed by atoms with Crippen LogP contribution >= 0.6 is 0 Å². The number of hydrogen-bond donors (Lipinski definition) is 0. The van der Waals surface area contributed by atoms with E-state index in [1.807, 2.05) is 0 Å². The topological polar surface area (TPSA) is 61.8 Å². The molecular formula is C17H16O5. The molecule has 0 bridgehead atoms. The first-order chi connectivity index (χ1) is 10.7. The number of ketones is 1. The van der Waals surface area contributed by atoms with Gasteiger partial charge in [0.2, 0.25) is 0 Å². The molecule has 2 aromatic rings. The zero-order chi connectivity index (χ0) is 15.9. The Hall–Kier alpha value is -2.82. The van der Waals surface area contributed by atoms with Gasteiger partial charge in [0.1, 0.15) is 0 Å². The molecule has 2 rings (SSSR count). The van der Waals surface area contributed by atoms with Crippen LogP contribution in [-0.4, -0.2) is 32.6 Å². The van der Waals surface area contributed by atoms with E-state index >= 15 is 0 Å². The van der Waals surface area contributed by atoms with E-state index in [0.29, 0.717) is 22.6 Å². The fourth-order valence-electron chi connectivity index (χ4n) is 1.88. The van der Waals surface area contributed by atoms with Crippen LogP contribution in [0.2, 0.25) is 0 Å². The maximum atomic E-state index is 12.1. The predicted octanol–water partition coefficient (Wildman–Crippen LogP) is 2.74. The highest BCUT2D eigenvalue weighted by atomic mass is 16.5. The minimum Gasteiger partial charge on any atom is -0.493 e. The molecule has 0 atom stereocenters. The summed E-state index contributed by atoms with van der Waals surface area (Å²) in [7, 11) is 3.00. The number of carbonyl (C=O) groups is 2. The van der Waals surface area contributed by atoms with Gasteiger partial charge in [-0.25, -0.2) is 4.79 Å². The van der Waals surface area contributed by atoms with Gasteiger partial charge in [0.15, 0.2) is 23.9 Å². The Kier molecular flexibility index (Phi) is 5.14. The van der Waals surface area contributed by atoms with Crippen LogP contribution in [0.3, 0.4) is 0 Å². The van der Waals surface area contributed by atoms with E-state index in [1.54, 1.807) is 48.5 Å². The van der Waals surface area contributed by atoms with E-state index in [4.69, 9.17) is 14.2 Å². The standard InChI is InChI=1S/C17H16O5/c1-20-15-9-8-13(10-16(15)21-2)14(18)11-22-17(19)12-6-4-3-5-7-12/h3-10H,11H2,1-2H3. The van der Waals surface area contributed by atoms with Crippen molar-refractivity contribution >= 4 is 11.8 Å². The fourth-order valence-corrected chi connectivity index (χ4v) is 1.88. The zero-order valence-corrected chi connectivity index (χ0v) is 12.4. The van der Waals surface area contributed by atoms with Crippen molar-refractivity contribution in [2.45, 2.75) is 0 Å². The first-order valence-corrected chi connectivity index (χ1v) is 6.63. The van der Waals surface area contributed by atoms with Crippen molar-refractivity contribution in [1.29, 1.82) is 0 Å². The molecule has 0 saturated carbocycles. The highest BCUT2D eigenvalue weighted by Crippen LogP contribution is 2.27. The molecule has 22 heavy (non-hydrogen) atoms. The number of benzene rings is 2. The van der Waals surface area contributed by atoms with Gasteiger partial charge in [-0.05, 0) is 30.3 Å². The number of hydrogen-bond acceptors (Lipinski definition) is 5. The average molecular weight is 300 g/mol. The number of carbonyl (C=O) groups excluding carboxylic acids is 2. The van der Waals surface area contributed by atoms with Gasteiger partial charge in [-0.2, -0.15) is 0 Å². The summed E-state index contributed by atoms with van der Waals surface area (Å²) in [5.41, 5.74) is 0.793. The van der Waals surface area contributed by atoms with E-state index in [0.717, 1.165) is 0 Å². The summed E-state index contributed by atoms with van der Waals surface area (Å²) in [6.45, 7) is -0.330. The van der Waals surface area contributed by atoms with Gasteiger partial charge in [0.05, 0.1) is 19.8 Å². The molecule has 0 aliphatic rings. The van der Waals surface area contributed by atoms with Crippen LogP contribution in [0.25, 0.3) is 0 Å². The van der Waals surface area contributed by atoms with Crippen LogP contribution in [-0.2, 0) is 4.74 Å². The Bertz CT molecular complexity index is 664. The van der Waals surface area contributed by atoms with E-state index in [2.05, 4.69) is 0 Å². The third-order valence-electron chi connectivity index (χ3n) is 3.05. The lowest BCUT2D eigenvalue weighted by atomic mass is 10.1. The maximum Gasteiger partial charge on any atom is 0.338 e. The van der Waals surface area contributed by atoms with Gasteiger partial charge in [-0.15, -0.1) is 0 Å². The van der Waals surface area contributed by atoms with E-state index < -0.39 is 5.97 Å². The molecule has 2 aromatic carbocycles. The minimum absolute atomic E-state index is 0.315. The first kappa shape index (κ1) is 15.6. The summed E-state index contributed by atoms with van der Waals surface area (Å²) in [4.78, 5) is 23.9. The SMILES string of the molecule is COc1ccc(C(=O)COC(=O)c2ccccc2)cc1OC. The molecule has 5 nitrogen and oxygen atoms in total. The predicted molar refractivity (Wildman–Crippen MR) is 80.6 cm³/mol. The molecule has 114 valence electrons. The third kappa shape index (κ3) is 3.63. The van der Waals surface area contributed by atoms with Gasteiger partial charge in [-0.1, -0.05) is 18.2 Å². The van der Waals surface area contributed by atoms with Gasteiger partial charge in [0, 0.05) is 5.56 Å². The minimum atomic E-state index is -0.533. The Morgan fingerprint density at radius 3 is 2.18 bits per heavy atom. The Morgan fingerprint density at radius 2 is 1.55 bits per heavy atom. The van der Waals surface area contributed by atoms with Gasteiger partial charge in [0.25, 0.3) is 0 Å². The molecule has 0 aliphatic carbocycles. The number of ether oxygens (including phenoxy) is 3. The maximum absolute atomic E-state index is 12.1. The highest BCUT2D eigenvalue weighted by molar-refractivity contribution is 5.99. The molecule has 0 radical (unpaired) electrons. The smallest absolute Gasteiger partial charge is 0.338 e. The Labute approximate surface area is 128 Å². The van der Waals surface area contributed by atoms with Gasteiger partial charge in [-0.3, -0.25) is 4.79 Å². The van der Waals surface area contributed by atoms with Crippen LogP contribution in [0.5, 0.6) is 11.5 Å². The molecule has 0 aromatic heterocycles. The molecule has 5 heteroatoms. The number of esters is 1. The summed E-state index contributed by atoms with van der Waals surface area (Å²) < 4.78 is 15.3. The summed E-state index contributed by atoms with van der Waals surface area (Å²) in [6.07, 6.45) is 0. The van der Waals surface area contributed by atoms with Crippen LogP contribution in [0.4, 0.5) is 0 Å². The van der Waals surface area contributed by atoms with Crippen LogP contribution in [0, 0.1) is 0 Å². The summed E-state index contributed by atoms with van der Waals surface area (Å²) >= 11 is 0. The summed E-state index contributed by atoms with van der Waals surface area (Å²) in [5, 5.41) is 0. The molecule has 0 unspecified atom stereocenters. The fraction of sp³-hybridized carbons (Fsp3) is 0.176. The Balaban J connectivity index is 2.02. The van der Waals surface area contributed by atoms with Crippen molar-refractivity contribution in [1.82, 2.24) is 0 Å². The molecule has 0 amide bonds. The van der Waals surface area contributed by atoms with Crippen molar-refractivity contribution in [3.05, 3.63) is 59.7 Å². The summed E-state index contributed by atoms with van der Waals surface area (Å²) in [6, 6.07) is 13.3. The first-order valence-electron chi connectivity index (χ1n) is 6.63. The lowest BCUT2D eigenvalue weighted by Gasteiger charge is -2.09. The molecule has 0 spiro atoms. The van der Waals surface area contributed by atoms with Gasteiger partial charge >= 0.3 is 5.97 Å². The molecular weight excluding hydrogens is 284 g/mol. The van der Waals surface area contributed by atoms with Crippen molar-refractivity contribution in [3.8, 4) is 11.5 Å². The lowest BCUT2D eigenvalue weighted by molar-refractivity contribution is 0.0474. The van der Waals surface area contributed by atoms with E-state index in [1.165, 1.54) is 14.2 Å². The van der Waals surface area contributed by atoms with Crippen LogP contribution in [0.1, 0.15) is 20.7 Å². The Morgan fingerprint density at radius 1 is 0.864 bits per heavy atom. The van der Waals surface area contributed by atoms with Crippen LogP contribution in [0.15, 0.2) is 48.5 Å². The molecule has 0 N–H and O–H groups in total. The van der Waals surface area contributed by atoms with E-state index in [-0.39, 0.29) is 12.4 Å². The molecule has 0 aliphatic heterocycles. The van der Waals surface area contributed by atoms with Crippen LogP contribution < -0.4 is 9.47 Å². The summed E-state index contributed by atoms with van der Waals surface area (Å²) in [5.74, 6) is 0.128. The average Bonchev–Trinajstić information content (AvgIpc) is 2.59. The monoisotopic (exact) mass is 300 g/mol. The van der Waals surface area contributed by atoms with Crippen molar-refractivity contribution in [2.24, 2.45) is 0 Å². The zero-order valence-electron chi connectivity index (χ0n) is 12.4. The van der Waals surface area contributed by atoms with Crippen molar-refractivity contribution in [2.75, 3.05) is 20.8 Å². The number of Topliss-reactive ketones (excluding diaryl/α,β-unsaturated/α-hetero) is 1. The third-order valence-corrected chi connectivity index (χ3v) is 3.05. The second-order valence-corrected chi connectivity index (χ2v) is 4.44. The van der Waals surface area contributed by atoms with Gasteiger partial charge < -0.3 is 14.2 Å². The van der Waals surface area contributed by atoms with Crippen molar-refractivity contribution in [3.63, 3.8) is 0 Å². The molecule has 0 fully saturated rings. The molecule has 0 saturated heterocycles. The number of methoxy groups -OCH3 is 2. The largest absolute Gasteiger partial charge is 0.493 e. The second-order valence-electron chi connectivity index (χ2n) is 4.44. The second kappa shape index (κ2) is 7.26. The molecule has 0 heterocycles. The van der Waals surface area contributed by atoms with E-state index in [9.17, 15) is 9.59 Å². The van der Waals surface area contributed by atoms with Crippen molar-refractivity contribution < 1.29 is 23.8 Å². The quantitative estimate of drug-likeness (QED) is 0.606. The number of rotatable bonds is 6.